The number of benzene rings is 2. The summed E-state index contributed by atoms with van der Waals surface area (Å²) in [5.41, 5.74) is 4.84. The quantitative estimate of drug-likeness (QED) is 0.308. The Morgan fingerprint density at radius 2 is 1.90 bits per heavy atom. The van der Waals surface area contributed by atoms with Gasteiger partial charge in [-0.05, 0) is 68.8 Å². The summed E-state index contributed by atoms with van der Waals surface area (Å²) in [5, 5.41) is 30.7. The van der Waals surface area contributed by atoms with Gasteiger partial charge >= 0.3 is 0 Å². The number of nitrogens with two attached hydrogens (primary N) is 1. The van der Waals surface area contributed by atoms with Crippen molar-refractivity contribution < 1.29 is 33.3 Å². The molecule has 2 aromatic heterocycles. The lowest BCUT2D eigenvalue weighted by Gasteiger charge is -2.31. The molecule has 0 bridgehead atoms. The lowest BCUT2D eigenvalue weighted by atomic mass is 9.83. The summed E-state index contributed by atoms with van der Waals surface area (Å²) in [6.07, 6.45) is -0.672. The first-order chi connectivity index (χ1) is 19.3. The molecule has 11 heteroatoms. The van der Waals surface area contributed by atoms with Crippen molar-refractivity contribution in [2.24, 2.45) is 5.73 Å². The molecule has 0 saturated carbocycles. The predicted molar refractivity (Wildman–Crippen MR) is 146 cm³/mol. The molecule has 1 amide bonds. The van der Waals surface area contributed by atoms with Gasteiger partial charge in [0.15, 0.2) is 5.82 Å². The number of aliphatic hydroxyl groups is 2. The number of rotatable bonds is 7. The topological polar surface area (TPSA) is 141 Å². The Bertz CT molecular complexity index is 1660. The van der Waals surface area contributed by atoms with Crippen LogP contribution in [0.5, 0.6) is 5.75 Å². The van der Waals surface area contributed by atoms with Crippen LogP contribution < -0.4 is 10.5 Å². The van der Waals surface area contributed by atoms with Crippen molar-refractivity contribution in [2.75, 3.05) is 13.7 Å². The molecule has 1 fully saturated rings. The summed E-state index contributed by atoms with van der Waals surface area (Å²) in [6, 6.07) is 9.70. The molecule has 1 saturated heterocycles. The highest BCUT2D eigenvalue weighted by atomic mass is 19.1. The number of methoxy groups -OCH3 is 1. The molecule has 0 radical (unpaired) electrons. The number of carbonyl (C=O) groups is 1. The summed E-state index contributed by atoms with van der Waals surface area (Å²) in [6.45, 7) is 4.62. The minimum atomic E-state index is -1.61. The molecule has 41 heavy (non-hydrogen) atoms. The number of amides is 1. The van der Waals surface area contributed by atoms with Crippen LogP contribution >= 0.6 is 0 Å². The largest absolute Gasteiger partial charge is 0.494 e. The number of nitrogens with zero attached hydrogens (tertiary/aromatic N) is 3. The van der Waals surface area contributed by atoms with E-state index in [1.807, 2.05) is 0 Å². The third kappa shape index (κ3) is 5.23. The predicted octanol–water partition coefficient (Wildman–Crippen LogP) is 3.83. The number of carbonyl (C=O) groups excluding carboxylic acids is 1. The molecular formula is C30H30F2N4O5. The summed E-state index contributed by atoms with van der Waals surface area (Å²) < 4.78 is 41.2. The first kappa shape index (κ1) is 28.5. The summed E-state index contributed by atoms with van der Waals surface area (Å²) in [7, 11) is 1.44. The van der Waals surface area contributed by atoms with Crippen molar-refractivity contribution in [3.05, 3.63) is 82.2 Å². The molecule has 214 valence electrons. The maximum Gasteiger partial charge on any atom is 0.248 e. The van der Waals surface area contributed by atoms with E-state index in [1.165, 1.54) is 57.4 Å². The van der Waals surface area contributed by atoms with Gasteiger partial charge in [0.25, 0.3) is 0 Å². The first-order valence-corrected chi connectivity index (χ1v) is 13.0. The van der Waals surface area contributed by atoms with Crippen molar-refractivity contribution in [1.82, 2.24) is 15.2 Å². The van der Waals surface area contributed by atoms with E-state index in [4.69, 9.17) is 15.2 Å². The van der Waals surface area contributed by atoms with Crippen LogP contribution in [0.3, 0.4) is 0 Å². The van der Waals surface area contributed by atoms with Crippen LogP contribution in [0.2, 0.25) is 0 Å². The zero-order valence-electron chi connectivity index (χ0n) is 23.0. The number of aryl methyl sites for hydroxylation is 1. The molecule has 1 aliphatic rings. The number of ether oxygens (including phenoxy) is 2. The van der Waals surface area contributed by atoms with Crippen LogP contribution in [0.4, 0.5) is 8.78 Å². The number of halogens is 2. The van der Waals surface area contributed by atoms with Gasteiger partial charge in [-0.15, -0.1) is 5.10 Å². The molecule has 1 aliphatic heterocycles. The second-order valence-electron chi connectivity index (χ2n) is 10.8. The molecule has 2 unspecified atom stereocenters. The van der Waals surface area contributed by atoms with E-state index in [1.54, 1.807) is 13.0 Å². The van der Waals surface area contributed by atoms with Gasteiger partial charge in [-0.1, -0.05) is 0 Å². The zero-order valence-corrected chi connectivity index (χ0v) is 23.0. The van der Waals surface area contributed by atoms with Crippen LogP contribution in [0.15, 0.2) is 42.5 Å². The van der Waals surface area contributed by atoms with Gasteiger partial charge in [0.2, 0.25) is 5.91 Å². The third-order valence-electron chi connectivity index (χ3n) is 7.42. The Kier molecular flexibility index (Phi) is 7.22. The molecule has 9 nitrogen and oxygen atoms in total. The number of hydrogen-bond acceptors (Lipinski definition) is 8. The normalized spacial score (nSPS) is 19.1. The monoisotopic (exact) mass is 564 g/mol. The highest BCUT2D eigenvalue weighted by molar-refractivity contribution is 6.00. The molecule has 2 atom stereocenters. The van der Waals surface area contributed by atoms with E-state index in [-0.39, 0.29) is 42.0 Å². The average molecular weight is 565 g/mol. The summed E-state index contributed by atoms with van der Waals surface area (Å²) in [4.78, 5) is 16.8. The molecule has 2 aromatic carbocycles. The lowest BCUT2D eigenvalue weighted by Crippen LogP contribution is -2.32. The van der Waals surface area contributed by atoms with Gasteiger partial charge in [0, 0.05) is 34.9 Å². The van der Waals surface area contributed by atoms with E-state index in [0.29, 0.717) is 33.5 Å². The second kappa shape index (κ2) is 10.4. The molecule has 5 rings (SSSR count). The van der Waals surface area contributed by atoms with Crippen LogP contribution in [-0.2, 0) is 22.4 Å². The Labute approximate surface area is 235 Å². The fraction of sp³-hybridized carbons (Fsp3) is 0.333. The third-order valence-corrected chi connectivity index (χ3v) is 7.42. The maximum atomic E-state index is 15.8. The molecular weight excluding hydrogens is 534 g/mol. The molecule has 0 spiro atoms. The number of aliphatic hydroxyl groups excluding tert-OH is 1. The molecule has 4 aromatic rings. The Morgan fingerprint density at radius 1 is 1.20 bits per heavy atom. The van der Waals surface area contributed by atoms with Gasteiger partial charge in [0.05, 0.1) is 36.8 Å². The van der Waals surface area contributed by atoms with Crippen molar-refractivity contribution in [1.29, 1.82) is 0 Å². The fourth-order valence-corrected chi connectivity index (χ4v) is 5.28. The minimum Gasteiger partial charge on any atom is -0.494 e. The van der Waals surface area contributed by atoms with E-state index in [9.17, 15) is 19.4 Å². The van der Waals surface area contributed by atoms with E-state index in [2.05, 4.69) is 15.2 Å². The smallest absolute Gasteiger partial charge is 0.248 e. The van der Waals surface area contributed by atoms with Gasteiger partial charge < -0.3 is 25.4 Å². The number of hydrogen-bond donors (Lipinski definition) is 3. The highest BCUT2D eigenvalue weighted by Crippen LogP contribution is 2.43. The molecule has 4 N–H and O–H groups in total. The van der Waals surface area contributed by atoms with Gasteiger partial charge in [-0.25, -0.2) is 13.8 Å². The summed E-state index contributed by atoms with van der Waals surface area (Å²) >= 11 is 0. The van der Waals surface area contributed by atoms with Crippen molar-refractivity contribution in [2.45, 2.75) is 50.9 Å². The summed E-state index contributed by atoms with van der Waals surface area (Å²) in [5.74, 6) is -1.62. The Balaban J connectivity index is 1.76. The number of fused-ring (bicyclic) bond motifs is 1. The maximum absolute atomic E-state index is 15.8. The van der Waals surface area contributed by atoms with Crippen molar-refractivity contribution >= 4 is 16.8 Å². The molecule has 0 aliphatic carbocycles. The van der Waals surface area contributed by atoms with E-state index in [0.717, 1.165) is 0 Å². The van der Waals surface area contributed by atoms with Crippen LogP contribution in [0, 0.1) is 18.6 Å². The first-order valence-electron chi connectivity index (χ1n) is 13.0. The lowest BCUT2D eigenvalue weighted by molar-refractivity contribution is -0.00645. The zero-order chi connectivity index (χ0) is 29.7. The number of primary amides is 1. The Hall–Kier alpha value is -4.06. The average Bonchev–Trinajstić information content (AvgIpc) is 3.30. The SMILES string of the molecule is COc1cc(C(N)=O)cc2c(CC3(c4cc(C(C)(C)O)c(F)c(-c5ccc(F)cc5)n4)CC(O)CO3)c(C)nnc12. The number of aromatic nitrogens is 3. The second-order valence-corrected chi connectivity index (χ2v) is 10.8. The van der Waals surface area contributed by atoms with Crippen LogP contribution in [0.25, 0.3) is 22.2 Å². The van der Waals surface area contributed by atoms with Gasteiger partial charge in [-0.3, -0.25) is 4.79 Å². The van der Waals surface area contributed by atoms with E-state index < -0.39 is 34.8 Å². The Morgan fingerprint density at radius 3 is 2.49 bits per heavy atom. The standard InChI is InChI=1S/C30H30F2N4O5/c1-15-21(20-9-17(28(33)38)10-23(40-4)27(20)36-35-15)13-30(12-19(37)14-41-30)24-11-22(29(2,3)39)25(32)26(34-24)16-5-7-18(31)8-6-16/h5-11,19,37,39H,12-14H2,1-4H3,(H2,33,38). The van der Waals surface area contributed by atoms with Gasteiger partial charge in [0.1, 0.15) is 28.4 Å². The minimum absolute atomic E-state index is 0.0197. The van der Waals surface area contributed by atoms with Crippen molar-refractivity contribution in [3.8, 4) is 17.0 Å². The highest BCUT2D eigenvalue weighted by Gasteiger charge is 2.45. The van der Waals surface area contributed by atoms with Gasteiger partial charge in [-0.2, -0.15) is 5.10 Å². The van der Waals surface area contributed by atoms with Crippen LogP contribution in [0.1, 0.15) is 53.1 Å². The fourth-order valence-electron chi connectivity index (χ4n) is 5.28. The van der Waals surface area contributed by atoms with Crippen molar-refractivity contribution in [3.63, 3.8) is 0 Å². The molecule has 3 heterocycles. The number of pyridine rings is 1. The van der Waals surface area contributed by atoms with E-state index >= 15 is 4.39 Å². The van der Waals surface area contributed by atoms with Crippen LogP contribution in [-0.4, -0.2) is 51.1 Å².